The second kappa shape index (κ2) is 4.28. The number of carboxylic acids is 1. The summed E-state index contributed by atoms with van der Waals surface area (Å²) in [6.07, 6.45) is 0. The Labute approximate surface area is 121 Å². The second-order valence-electron chi connectivity index (χ2n) is 5.63. The van der Waals surface area contributed by atoms with Gasteiger partial charge in [-0.25, -0.2) is 4.79 Å². The number of carboxylic acid groups (broad SMARTS) is 1. The summed E-state index contributed by atoms with van der Waals surface area (Å²) in [5.74, 6) is -0.290. The third-order valence-corrected chi connectivity index (χ3v) is 3.78. The monoisotopic (exact) mass is 292 g/mol. The van der Waals surface area contributed by atoms with E-state index in [0.29, 0.717) is 22.9 Å². The molecule has 0 radical (unpaired) electrons. The summed E-state index contributed by atoms with van der Waals surface area (Å²) >= 11 is 0. The number of amides is 1. The van der Waals surface area contributed by atoms with Crippen LogP contribution in [0.3, 0.4) is 0 Å². The van der Waals surface area contributed by atoms with E-state index in [1.807, 2.05) is 0 Å². The number of fused-ring (bicyclic) bond motifs is 2. The lowest BCUT2D eigenvalue weighted by atomic mass is 9.97. The van der Waals surface area contributed by atoms with Crippen LogP contribution in [0.25, 0.3) is 0 Å². The summed E-state index contributed by atoms with van der Waals surface area (Å²) in [4.78, 5) is 25.3. The van der Waals surface area contributed by atoms with E-state index in [-0.39, 0.29) is 12.7 Å². The Hall–Kier alpha value is -2.44. The minimum atomic E-state index is -1.37. The number of carbonyl (C=O) groups excluding carboxylic acids is 1. The van der Waals surface area contributed by atoms with Gasteiger partial charge in [0.25, 0.3) is 0 Å². The molecule has 0 saturated carbocycles. The average molecular weight is 292 g/mol. The van der Waals surface area contributed by atoms with Crippen LogP contribution < -0.4 is 19.7 Å². The lowest BCUT2D eigenvalue weighted by molar-refractivity contribution is -0.144. The summed E-state index contributed by atoms with van der Waals surface area (Å²) in [6.45, 7) is 4.81. The molecule has 2 aliphatic heterocycles. The highest BCUT2D eigenvalue weighted by atomic mass is 16.7. The Balaban J connectivity index is 2.17. The average Bonchev–Trinajstić information content (AvgIpc) is 2.84. The molecule has 2 aliphatic rings. The Morgan fingerprint density at radius 2 is 2.00 bits per heavy atom. The van der Waals surface area contributed by atoms with E-state index in [4.69, 9.17) is 9.47 Å². The van der Waals surface area contributed by atoms with Crippen LogP contribution in [0.1, 0.15) is 20.8 Å². The predicted octanol–water partition coefficient (Wildman–Crippen LogP) is 1.43. The zero-order valence-electron chi connectivity index (χ0n) is 12.0. The predicted molar refractivity (Wildman–Crippen MR) is 74.9 cm³/mol. The number of rotatable bonds is 2. The maximum atomic E-state index is 12.5. The fourth-order valence-corrected chi connectivity index (χ4v) is 2.51. The van der Waals surface area contributed by atoms with E-state index < -0.39 is 17.6 Å². The van der Waals surface area contributed by atoms with Crippen LogP contribution in [0, 0.1) is 0 Å². The molecule has 3 rings (SSSR count). The van der Waals surface area contributed by atoms with Crippen LogP contribution >= 0.6 is 0 Å². The number of benzene rings is 1. The van der Waals surface area contributed by atoms with Crippen molar-refractivity contribution in [1.82, 2.24) is 0 Å². The fourth-order valence-electron chi connectivity index (χ4n) is 2.51. The molecule has 1 aromatic carbocycles. The van der Waals surface area contributed by atoms with Crippen molar-refractivity contribution >= 4 is 23.3 Å². The van der Waals surface area contributed by atoms with Crippen molar-refractivity contribution in [2.24, 2.45) is 0 Å². The molecule has 1 amide bonds. The third-order valence-electron chi connectivity index (χ3n) is 3.78. The minimum Gasteiger partial charge on any atom is -0.480 e. The van der Waals surface area contributed by atoms with Gasteiger partial charge in [-0.3, -0.25) is 9.69 Å². The third kappa shape index (κ3) is 1.88. The molecule has 0 aromatic heterocycles. The quantitative estimate of drug-likeness (QED) is 0.857. The van der Waals surface area contributed by atoms with Gasteiger partial charge in [0, 0.05) is 12.1 Å². The highest BCUT2D eigenvalue weighted by Gasteiger charge is 2.44. The molecule has 0 aliphatic carbocycles. The van der Waals surface area contributed by atoms with E-state index in [2.05, 4.69) is 5.32 Å². The molecule has 0 saturated heterocycles. The summed E-state index contributed by atoms with van der Waals surface area (Å²) in [7, 11) is 0. The maximum absolute atomic E-state index is 12.5. The van der Waals surface area contributed by atoms with E-state index in [1.165, 1.54) is 18.7 Å². The highest BCUT2D eigenvalue weighted by molar-refractivity contribution is 6.09. The van der Waals surface area contributed by atoms with Crippen molar-refractivity contribution in [2.75, 3.05) is 17.0 Å². The maximum Gasteiger partial charge on any atom is 0.329 e. The van der Waals surface area contributed by atoms with Gasteiger partial charge in [0.1, 0.15) is 11.6 Å². The zero-order chi connectivity index (χ0) is 15.4. The first-order valence-corrected chi connectivity index (χ1v) is 6.60. The number of nitrogens with zero attached hydrogens (tertiary/aromatic N) is 1. The van der Waals surface area contributed by atoms with Crippen LogP contribution in [-0.2, 0) is 9.59 Å². The Morgan fingerprint density at radius 1 is 1.38 bits per heavy atom. The summed E-state index contributed by atoms with van der Waals surface area (Å²) in [5.41, 5.74) is -0.231. The van der Waals surface area contributed by atoms with Gasteiger partial charge in [-0.05, 0) is 20.8 Å². The lowest BCUT2D eigenvalue weighted by Gasteiger charge is -2.41. The minimum absolute atomic E-state index is 0.115. The molecule has 0 fully saturated rings. The number of aliphatic carboxylic acids is 1. The topological polar surface area (TPSA) is 88.1 Å². The van der Waals surface area contributed by atoms with Crippen molar-refractivity contribution in [3.8, 4) is 11.5 Å². The van der Waals surface area contributed by atoms with Crippen molar-refractivity contribution in [1.29, 1.82) is 0 Å². The molecular weight excluding hydrogens is 276 g/mol. The first kappa shape index (κ1) is 13.5. The van der Waals surface area contributed by atoms with Crippen LogP contribution in [0.2, 0.25) is 0 Å². The number of anilines is 2. The second-order valence-corrected chi connectivity index (χ2v) is 5.63. The van der Waals surface area contributed by atoms with Gasteiger partial charge in [-0.15, -0.1) is 0 Å². The van der Waals surface area contributed by atoms with Gasteiger partial charge < -0.3 is 19.9 Å². The molecule has 0 spiro atoms. The van der Waals surface area contributed by atoms with E-state index in [9.17, 15) is 14.7 Å². The summed E-state index contributed by atoms with van der Waals surface area (Å²) < 4.78 is 10.6. The standard InChI is InChI=1S/C14H16N2O5/c1-7-12(17)16(14(2,3)13(18)19)9-5-11-10(20-6-21-11)4-8(9)15-7/h4-5,7,15H,6H2,1-3H3,(H,18,19). The molecule has 112 valence electrons. The molecule has 2 heterocycles. The normalized spacial score (nSPS) is 20.0. The van der Waals surface area contributed by atoms with Crippen LogP contribution in [0.5, 0.6) is 11.5 Å². The molecule has 0 bridgehead atoms. The largest absolute Gasteiger partial charge is 0.480 e. The number of hydrogen-bond acceptors (Lipinski definition) is 5. The van der Waals surface area contributed by atoms with Crippen LogP contribution in [0.4, 0.5) is 11.4 Å². The SMILES string of the molecule is CC1Nc2cc3c(cc2N(C(C)(C)C(=O)O)C1=O)OCO3. The highest BCUT2D eigenvalue weighted by Crippen LogP contribution is 2.45. The van der Waals surface area contributed by atoms with Gasteiger partial charge in [-0.1, -0.05) is 0 Å². The van der Waals surface area contributed by atoms with Crippen LogP contribution in [-0.4, -0.2) is 35.4 Å². The smallest absolute Gasteiger partial charge is 0.329 e. The Kier molecular flexibility index (Phi) is 2.76. The molecule has 7 nitrogen and oxygen atoms in total. The van der Waals surface area contributed by atoms with Gasteiger partial charge >= 0.3 is 5.97 Å². The van der Waals surface area contributed by atoms with E-state index in [1.54, 1.807) is 19.1 Å². The molecule has 7 heteroatoms. The van der Waals surface area contributed by atoms with Crippen molar-refractivity contribution in [3.05, 3.63) is 12.1 Å². The van der Waals surface area contributed by atoms with Crippen molar-refractivity contribution in [3.63, 3.8) is 0 Å². The molecule has 1 unspecified atom stereocenters. The van der Waals surface area contributed by atoms with Crippen molar-refractivity contribution < 1.29 is 24.2 Å². The summed E-state index contributed by atoms with van der Waals surface area (Å²) in [6, 6.07) is 2.85. The zero-order valence-corrected chi connectivity index (χ0v) is 12.0. The molecule has 21 heavy (non-hydrogen) atoms. The fraction of sp³-hybridized carbons (Fsp3) is 0.429. The Bertz CT molecular complexity index is 640. The molecule has 1 aromatic rings. The molecule has 1 atom stereocenters. The molecule has 2 N–H and O–H groups in total. The van der Waals surface area contributed by atoms with E-state index in [0.717, 1.165) is 0 Å². The van der Waals surface area contributed by atoms with E-state index >= 15 is 0 Å². The Morgan fingerprint density at radius 3 is 2.62 bits per heavy atom. The van der Waals surface area contributed by atoms with Gasteiger partial charge in [0.15, 0.2) is 11.5 Å². The van der Waals surface area contributed by atoms with Crippen molar-refractivity contribution in [2.45, 2.75) is 32.4 Å². The number of ether oxygens (including phenoxy) is 2. The first-order chi connectivity index (χ1) is 9.82. The summed E-state index contributed by atoms with van der Waals surface area (Å²) in [5, 5.41) is 12.5. The number of carbonyl (C=O) groups is 2. The molecular formula is C14H16N2O5. The lowest BCUT2D eigenvalue weighted by Crippen LogP contribution is -2.59. The van der Waals surface area contributed by atoms with Crippen LogP contribution in [0.15, 0.2) is 12.1 Å². The van der Waals surface area contributed by atoms with Gasteiger partial charge in [-0.2, -0.15) is 0 Å². The van der Waals surface area contributed by atoms with Gasteiger partial charge in [0.2, 0.25) is 12.7 Å². The number of nitrogens with one attached hydrogen (secondary N) is 1. The number of hydrogen-bond donors (Lipinski definition) is 2. The first-order valence-electron chi connectivity index (χ1n) is 6.60. The van der Waals surface area contributed by atoms with Gasteiger partial charge in [0.05, 0.1) is 11.4 Å².